The van der Waals surface area contributed by atoms with Gasteiger partial charge in [-0.05, 0) is 50.3 Å². The molecule has 0 bridgehead atoms. The Morgan fingerprint density at radius 3 is 2.52 bits per heavy atom. The number of hydrogen-bond acceptors (Lipinski definition) is 6. The Kier molecular flexibility index (Phi) is 6.85. The summed E-state index contributed by atoms with van der Waals surface area (Å²) in [6, 6.07) is 4.29. The number of nitrogens with zero attached hydrogens (tertiary/aromatic N) is 2. The van der Waals surface area contributed by atoms with Crippen LogP contribution < -0.4 is 10.6 Å². The normalized spacial score (nSPS) is 17.1. The van der Waals surface area contributed by atoms with Gasteiger partial charge >= 0.3 is 6.18 Å². The minimum Gasteiger partial charge on any atom is -0.365 e. The first kappa shape index (κ1) is 23.4. The van der Waals surface area contributed by atoms with Crippen LogP contribution in [0.2, 0.25) is 0 Å². The molecule has 1 aromatic heterocycles. The largest absolute Gasteiger partial charge is 0.416 e. The average molecular weight is 464 g/mol. The van der Waals surface area contributed by atoms with Crippen LogP contribution in [0.15, 0.2) is 18.2 Å². The van der Waals surface area contributed by atoms with Gasteiger partial charge in [0.1, 0.15) is 11.6 Å². The molecular formula is C23H27F3N4O3. The molecule has 4 rings (SSSR count). The highest BCUT2D eigenvalue weighted by Crippen LogP contribution is 2.34. The van der Waals surface area contributed by atoms with Crippen LogP contribution in [-0.4, -0.2) is 35.1 Å². The molecule has 2 heterocycles. The maximum Gasteiger partial charge on any atom is 0.416 e. The number of aryl methyl sites for hydroxylation is 1. The summed E-state index contributed by atoms with van der Waals surface area (Å²) >= 11 is 0. The van der Waals surface area contributed by atoms with E-state index in [0.29, 0.717) is 41.7 Å². The third-order valence-corrected chi connectivity index (χ3v) is 5.99. The first-order chi connectivity index (χ1) is 15.7. The van der Waals surface area contributed by atoms with Crippen molar-refractivity contribution >= 4 is 11.7 Å². The number of rotatable bonds is 7. The van der Waals surface area contributed by atoms with Crippen molar-refractivity contribution in [1.82, 2.24) is 15.3 Å². The SMILES string of the molecule is Cc1nc(CC(=O)NC2CCC2)c(C2OCCO2)c(NCc2cccc(C(F)(F)F)c2C)n1. The number of carbonyl (C=O) groups excluding carboxylic acids is 1. The first-order valence-electron chi connectivity index (χ1n) is 11.0. The van der Waals surface area contributed by atoms with Crippen LogP contribution in [-0.2, 0) is 33.4 Å². The fraction of sp³-hybridized carbons (Fsp3) is 0.522. The zero-order valence-electron chi connectivity index (χ0n) is 18.6. The van der Waals surface area contributed by atoms with Crippen LogP contribution in [0.3, 0.4) is 0 Å². The van der Waals surface area contributed by atoms with E-state index in [0.717, 1.165) is 25.3 Å². The monoisotopic (exact) mass is 464 g/mol. The van der Waals surface area contributed by atoms with Gasteiger partial charge in [0.15, 0.2) is 6.29 Å². The molecular weight excluding hydrogens is 437 g/mol. The Hall–Kier alpha value is -2.72. The third-order valence-electron chi connectivity index (χ3n) is 5.99. The van der Waals surface area contributed by atoms with E-state index in [9.17, 15) is 18.0 Å². The summed E-state index contributed by atoms with van der Waals surface area (Å²) < 4.78 is 51.2. The second-order valence-corrected chi connectivity index (χ2v) is 8.37. The first-order valence-corrected chi connectivity index (χ1v) is 11.0. The lowest BCUT2D eigenvalue weighted by Gasteiger charge is -2.26. The van der Waals surface area contributed by atoms with E-state index >= 15 is 0 Å². The van der Waals surface area contributed by atoms with Crippen LogP contribution in [0.4, 0.5) is 19.0 Å². The van der Waals surface area contributed by atoms with E-state index < -0.39 is 18.0 Å². The maximum atomic E-state index is 13.3. The summed E-state index contributed by atoms with van der Waals surface area (Å²) in [7, 11) is 0. The highest BCUT2D eigenvalue weighted by Gasteiger charge is 2.33. The highest BCUT2D eigenvalue weighted by atomic mass is 19.4. The molecule has 2 aliphatic rings. The fourth-order valence-corrected chi connectivity index (χ4v) is 4.03. The molecule has 10 heteroatoms. The van der Waals surface area contributed by atoms with Gasteiger partial charge in [-0.3, -0.25) is 4.79 Å². The summed E-state index contributed by atoms with van der Waals surface area (Å²) in [5, 5.41) is 6.13. The molecule has 2 aromatic rings. The standard InChI is InChI=1S/C23H27F3N4O3/c1-13-15(5-3-8-17(13)23(24,25)26)12-27-21-20(22-32-9-10-33-22)18(28-14(2)29-21)11-19(31)30-16-6-4-7-16/h3,5,8,16,22H,4,6-7,9-12H2,1-2H3,(H,30,31)(H,27,28,29). The number of ether oxygens (including phenoxy) is 2. The van der Waals surface area contributed by atoms with Crippen molar-refractivity contribution in [2.45, 2.75) is 64.6 Å². The molecule has 1 saturated carbocycles. The Morgan fingerprint density at radius 1 is 1.15 bits per heavy atom. The van der Waals surface area contributed by atoms with Crippen LogP contribution in [0.5, 0.6) is 0 Å². The van der Waals surface area contributed by atoms with E-state index in [1.165, 1.54) is 13.0 Å². The van der Waals surface area contributed by atoms with Gasteiger partial charge in [-0.2, -0.15) is 13.2 Å². The Morgan fingerprint density at radius 2 is 1.88 bits per heavy atom. The van der Waals surface area contributed by atoms with Crippen molar-refractivity contribution in [3.8, 4) is 0 Å². The van der Waals surface area contributed by atoms with Crippen LogP contribution in [0.25, 0.3) is 0 Å². The number of alkyl halides is 3. The zero-order valence-corrected chi connectivity index (χ0v) is 18.6. The summed E-state index contributed by atoms with van der Waals surface area (Å²) in [6.45, 7) is 4.04. The number of hydrogen-bond donors (Lipinski definition) is 2. The lowest BCUT2D eigenvalue weighted by molar-refractivity contribution is -0.138. The molecule has 1 aromatic carbocycles. The molecule has 2 N–H and O–H groups in total. The molecule has 178 valence electrons. The van der Waals surface area contributed by atoms with Gasteiger partial charge in [0.05, 0.1) is 36.5 Å². The maximum absolute atomic E-state index is 13.3. The van der Waals surface area contributed by atoms with Crippen molar-refractivity contribution in [1.29, 1.82) is 0 Å². The number of halogens is 3. The van der Waals surface area contributed by atoms with Gasteiger partial charge in [-0.15, -0.1) is 0 Å². The number of benzene rings is 1. The predicted octanol–water partition coefficient (Wildman–Crippen LogP) is 3.98. The molecule has 0 radical (unpaired) electrons. The Bertz CT molecular complexity index is 1020. The van der Waals surface area contributed by atoms with E-state index in [1.807, 2.05) is 0 Å². The van der Waals surface area contributed by atoms with Crippen molar-refractivity contribution < 1.29 is 27.4 Å². The van der Waals surface area contributed by atoms with Gasteiger partial charge in [0.2, 0.25) is 5.91 Å². The molecule has 7 nitrogen and oxygen atoms in total. The topological polar surface area (TPSA) is 85.4 Å². The van der Waals surface area contributed by atoms with E-state index in [2.05, 4.69) is 20.6 Å². The lowest BCUT2D eigenvalue weighted by atomic mass is 9.93. The van der Waals surface area contributed by atoms with Crippen molar-refractivity contribution in [3.05, 3.63) is 52.0 Å². The molecule has 1 saturated heterocycles. The van der Waals surface area contributed by atoms with Crippen molar-refractivity contribution in [2.75, 3.05) is 18.5 Å². The van der Waals surface area contributed by atoms with Crippen molar-refractivity contribution in [3.63, 3.8) is 0 Å². The molecule has 1 amide bonds. The van der Waals surface area contributed by atoms with Gasteiger partial charge in [-0.1, -0.05) is 12.1 Å². The van der Waals surface area contributed by atoms with Gasteiger partial charge in [-0.25, -0.2) is 9.97 Å². The average Bonchev–Trinajstić information content (AvgIpc) is 3.23. The Balaban J connectivity index is 1.61. The number of amides is 1. The molecule has 2 fully saturated rings. The smallest absolute Gasteiger partial charge is 0.365 e. The number of carbonyl (C=O) groups is 1. The lowest BCUT2D eigenvalue weighted by Crippen LogP contribution is -2.40. The Labute approximate surface area is 190 Å². The fourth-order valence-electron chi connectivity index (χ4n) is 4.03. The number of anilines is 1. The van der Waals surface area contributed by atoms with Gasteiger partial charge in [0.25, 0.3) is 0 Å². The van der Waals surface area contributed by atoms with Gasteiger partial charge < -0.3 is 20.1 Å². The molecule has 33 heavy (non-hydrogen) atoms. The van der Waals surface area contributed by atoms with Crippen molar-refractivity contribution in [2.24, 2.45) is 0 Å². The molecule has 0 atom stereocenters. The zero-order chi connectivity index (χ0) is 23.6. The second-order valence-electron chi connectivity index (χ2n) is 8.37. The van der Waals surface area contributed by atoms with E-state index in [4.69, 9.17) is 9.47 Å². The third kappa shape index (κ3) is 5.44. The minimum atomic E-state index is -4.43. The quantitative estimate of drug-likeness (QED) is 0.645. The van der Waals surface area contributed by atoms with Gasteiger partial charge in [0, 0.05) is 12.6 Å². The minimum absolute atomic E-state index is 0.0374. The molecule has 1 aliphatic heterocycles. The summed E-state index contributed by atoms with van der Waals surface area (Å²) in [5.41, 5.74) is 0.959. The molecule has 0 spiro atoms. The summed E-state index contributed by atoms with van der Waals surface area (Å²) in [5.74, 6) is 0.681. The number of aromatic nitrogens is 2. The number of nitrogens with one attached hydrogen (secondary N) is 2. The second kappa shape index (κ2) is 9.64. The predicted molar refractivity (Wildman–Crippen MR) is 114 cm³/mol. The van der Waals surface area contributed by atoms with Crippen LogP contribution in [0, 0.1) is 13.8 Å². The van der Waals surface area contributed by atoms with Crippen LogP contribution >= 0.6 is 0 Å². The van der Waals surface area contributed by atoms with E-state index in [-0.39, 0.29) is 30.5 Å². The molecule has 0 unspecified atom stereocenters. The summed E-state index contributed by atoms with van der Waals surface area (Å²) in [4.78, 5) is 21.5. The van der Waals surface area contributed by atoms with E-state index in [1.54, 1.807) is 13.0 Å². The highest BCUT2D eigenvalue weighted by molar-refractivity contribution is 5.79. The molecule has 1 aliphatic carbocycles. The summed E-state index contributed by atoms with van der Waals surface area (Å²) in [6.07, 6.45) is -2.09. The van der Waals surface area contributed by atoms with Crippen LogP contribution in [0.1, 0.15) is 59.3 Å².